The van der Waals surface area contributed by atoms with Crippen LogP contribution in [0.3, 0.4) is 0 Å². The van der Waals surface area contributed by atoms with E-state index in [9.17, 15) is 9.59 Å². The molecule has 1 fully saturated rings. The predicted octanol–water partition coefficient (Wildman–Crippen LogP) is 2.84. The molecule has 4 unspecified atom stereocenters. The van der Waals surface area contributed by atoms with E-state index in [2.05, 4.69) is 24.5 Å². The highest BCUT2D eigenvalue weighted by Crippen LogP contribution is 2.33. The van der Waals surface area contributed by atoms with Crippen LogP contribution >= 0.6 is 0 Å². The number of carbonyl (C=O) groups is 2. The Morgan fingerprint density at radius 1 is 1.29 bits per heavy atom. The third kappa shape index (κ3) is 5.56. The average Bonchev–Trinajstić information content (AvgIpc) is 2.67. The summed E-state index contributed by atoms with van der Waals surface area (Å²) >= 11 is 0. The van der Waals surface area contributed by atoms with E-state index in [0.29, 0.717) is 11.8 Å². The summed E-state index contributed by atoms with van der Waals surface area (Å²) in [6.07, 6.45) is 2.77. The Morgan fingerprint density at radius 2 is 1.90 bits per heavy atom. The monoisotopic (exact) mass is 298 g/mol. The Bertz CT molecular complexity index is 376. The van der Waals surface area contributed by atoms with E-state index < -0.39 is 17.7 Å². The molecule has 0 radical (unpaired) electrons. The average molecular weight is 298 g/mol. The first-order valence-corrected chi connectivity index (χ1v) is 7.94. The Morgan fingerprint density at radius 3 is 2.38 bits per heavy atom. The Hall–Kier alpha value is -1.26. The molecule has 0 bridgehead atoms. The first-order valence-electron chi connectivity index (χ1n) is 7.94. The van der Waals surface area contributed by atoms with Gasteiger partial charge >= 0.3 is 6.09 Å². The number of ether oxygens (including phenoxy) is 1. The van der Waals surface area contributed by atoms with Crippen molar-refractivity contribution in [3.8, 4) is 0 Å². The molecule has 0 aromatic carbocycles. The molecule has 0 saturated heterocycles. The lowest BCUT2D eigenvalue weighted by molar-refractivity contribution is -0.123. The third-order valence-electron chi connectivity index (χ3n) is 4.21. The standard InChI is InChI=1S/C16H30N2O3/c1-7-12-8-9-13(10(12)2)18-14(19)11(3)17-15(20)21-16(4,5)6/h10-13H,7-9H2,1-6H3,(H,17,20)(H,18,19). The van der Waals surface area contributed by atoms with Crippen LogP contribution in [0.4, 0.5) is 4.79 Å². The van der Waals surface area contributed by atoms with Crippen molar-refractivity contribution in [2.45, 2.75) is 78.5 Å². The van der Waals surface area contributed by atoms with Gasteiger partial charge in [0.15, 0.2) is 0 Å². The fraction of sp³-hybridized carbons (Fsp3) is 0.875. The highest BCUT2D eigenvalue weighted by Gasteiger charge is 2.33. The highest BCUT2D eigenvalue weighted by atomic mass is 16.6. The van der Waals surface area contributed by atoms with Crippen molar-refractivity contribution in [1.29, 1.82) is 0 Å². The second-order valence-electron chi connectivity index (χ2n) is 7.09. The molecule has 122 valence electrons. The van der Waals surface area contributed by atoms with Crippen molar-refractivity contribution in [2.24, 2.45) is 11.8 Å². The van der Waals surface area contributed by atoms with Crippen molar-refractivity contribution < 1.29 is 14.3 Å². The van der Waals surface area contributed by atoms with E-state index in [1.165, 1.54) is 0 Å². The number of carbonyl (C=O) groups excluding carboxylic acids is 2. The molecule has 0 spiro atoms. The maximum absolute atomic E-state index is 12.2. The summed E-state index contributed by atoms with van der Waals surface area (Å²) in [5.41, 5.74) is -0.561. The highest BCUT2D eigenvalue weighted by molar-refractivity contribution is 5.85. The van der Waals surface area contributed by atoms with Crippen LogP contribution in [0.5, 0.6) is 0 Å². The van der Waals surface area contributed by atoms with Gasteiger partial charge in [-0.25, -0.2) is 4.79 Å². The summed E-state index contributed by atoms with van der Waals surface area (Å²) in [5, 5.41) is 5.63. The van der Waals surface area contributed by atoms with Crippen LogP contribution in [0.25, 0.3) is 0 Å². The summed E-state index contributed by atoms with van der Waals surface area (Å²) < 4.78 is 5.15. The van der Waals surface area contributed by atoms with Gasteiger partial charge in [0.05, 0.1) is 0 Å². The van der Waals surface area contributed by atoms with Crippen LogP contribution < -0.4 is 10.6 Å². The van der Waals surface area contributed by atoms with Crippen LogP contribution in [-0.4, -0.2) is 29.7 Å². The molecule has 0 heterocycles. The van der Waals surface area contributed by atoms with Crippen LogP contribution in [-0.2, 0) is 9.53 Å². The largest absolute Gasteiger partial charge is 0.444 e. The molecule has 1 aliphatic carbocycles. The number of hydrogen-bond acceptors (Lipinski definition) is 3. The predicted molar refractivity (Wildman–Crippen MR) is 82.9 cm³/mol. The van der Waals surface area contributed by atoms with E-state index in [1.807, 2.05) is 0 Å². The van der Waals surface area contributed by atoms with Gasteiger partial charge in [0.25, 0.3) is 0 Å². The normalized spacial score (nSPS) is 27.0. The lowest BCUT2D eigenvalue weighted by Gasteiger charge is -2.24. The number of amides is 2. The second kappa shape index (κ2) is 7.14. The molecule has 0 aromatic rings. The summed E-state index contributed by atoms with van der Waals surface area (Å²) in [4.78, 5) is 23.8. The van der Waals surface area contributed by atoms with Crippen molar-refractivity contribution in [2.75, 3.05) is 0 Å². The van der Waals surface area contributed by atoms with Crippen LogP contribution in [0.15, 0.2) is 0 Å². The Balaban J connectivity index is 2.43. The minimum Gasteiger partial charge on any atom is -0.444 e. The first-order chi connectivity index (χ1) is 9.64. The van der Waals surface area contributed by atoms with Crippen LogP contribution in [0.2, 0.25) is 0 Å². The minimum atomic E-state index is -0.590. The Kier molecular flexibility index (Phi) is 6.05. The van der Waals surface area contributed by atoms with Gasteiger partial charge in [-0.05, 0) is 52.4 Å². The molecule has 0 aliphatic heterocycles. The zero-order valence-electron chi connectivity index (χ0n) is 14.2. The fourth-order valence-electron chi connectivity index (χ4n) is 2.89. The summed E-state index contributed by atoms with van der Waals surface area (Å²) in [6, 6.07) is -0.377. The molecule has 21 heavy (non-hydrogen) atoms. The number of rotatable bonds is 4. The molecule has 1 aliphatic rings. The molecule has 4 atom stereocenters. The van der Waals surface area contributed by atoms with Gasteiger partial charge in [0, 0.05) is 6.04 Å². The second-order valence-corrected chi connectivity index (χ2v) is 7.09. The van der Waals surface area contributed by atoms with E-state index in [-0.39, 0.29) is 11.9 Å². The van der Waals surface area contributed by atoms with Crippen molar-refractivity contribution in [3.05, 3.63) is 0 Å². The summed E-state index contributed by atoms with van der Waals surface area (Å²) in [7, 11) is 0. The molecule has 1 rings (SSSR count). The van der Waals surface area contributed by atoms with E-state index in [0.717, 1.165) is 19.3 Å². The van der Waals surface area contributed by atoms with Crippen LogP contribution in [0.1, 0.15) is 60.8 Å². The van der Waals surface area contributed by atoms with Crippen molar-refractivity contribution in [1.82, 2.24) is 10.6 Å². The van der Waals surface area contributed by atoms with Gasteiger partial charge in [-0.2, -0.15) is 0 Å². The van der Waals surface area contributed by atoms with Gasteiger partial charge in [-0.3, -0.25) is 4.79 Å². The van der Waals surface area contributed by atoms with Gasteiger partial charge in [0.2, 0.25) is 5.91 Å². The van der Waals surface area contributed by atoms with Crippen molar-refractivity contribution in [3.63, 3.8) is 0 Å². The summed E-state index contributed by atoms with van der Waals surface area (Å²) in [6.45, 7) is 11.4. The molecule has 0 aromatic heterocycles. The van der Waals surface area contributed by atoms with Crippen LogP contribution in [0, 0.1) is 11.8 Å². The minimum absolute atomic E-state index is 0.144. The SMILES string of the molecule is CCC1CCC(NC(=O)C(C)NC(=O)OC(C)(C)C)C1C. The molecular weight excluding hydrogens is 268 g/mol. The lowest BCUT2D eigenvalue weighted by atomic mass is 9.93. The van der Waals surface area contributed by atoms with E-state index in [1.54, 1.807) is 27.7 Å². The maximum atomic E-state index is 12.2. The third-order valence-corrected chi connectivity index (χ3v) is 4.21. The van der Waals surface area contributed by atoms with Gasteiger partial charge in [-0.1, -0.05) is 20.3 Å². The lowest BCUT2D eigenvalue weighted by Crippen LogP contribution is -2.49. The summed E-state index contributed by atoms with van der Waals surface area (Å²) in [5.74, 6) is 1.03. The smallest absolute Gasteiger partial charge is 0.408 e. The Labute approximate surface area is 128 Å². The van der Waals surface area contributed by atoms with Gasteiger partial charge in [0.1, 0.15) is 11.6 Å². The van der Waals surface area contributed by atoms with Gasteiger partial charge in [-0.15, -0.1) is 0 Å². The maximum Gasteiger partial charge on any atom is 0.408 e. The van der Waals surface area contributed by atoms with Crippen molar-refractivity contribution >= 4 is 12.0 Å². The number of hydrogen-bond donors (Lipinski definition) is 2. The molecule has 1 saturated carbocycles. The first kappa shape index (κ1) is 17.8. The molecule has 2 N–H and O–H groups in total. The van der Waals surface area contributed by atoms with Gasteiger partial charge < -0.3 is 15.4 Å². The van der Waals surface area contributed by atoms with E-state index >= 15 is 0 Å². The number of alkyl carbamates (subject to hydrolysis) is 1. The fourth-order valence-corrected chi connectivity index (χ4v) is 2.89. The zero-order valence-corrected chi connectivity index (χ0v) is 14.2. The molecule has 5 heteroatoms. The van der Waals surface area contributed by atoms with E-state index in [4.69, 9.17) is 4.74 Å². The number of nitrogens with one attached hydrogen (secondary N) is 2. The molecule has 2 amide bonds. The quantitative estimate of drug-likeness (QED) is 0.838. The zero-order chi connectivity index (χ0) is 16.2. The molecular formula is C16H30N2O3. The molecule has 5 nitrogen and oxygen atoms in total. The topological polar surface area (TPSA) is 67.4 Å².